The minimum atomic E-state index is -1.62. The summed E-state index contributed by atoms with van der Waals surface area (Å²) in [7, 11) is 1.47. The number of esters is 1. The highest BCUT2D eigenvalue weighted by Crippen LogP contribution is 2.42. The molecule has 0 saturated heterocycles. The van der Waals surface area contributed by atoms with Crippen molar-refractivity contribution >= 4 is 33.8 Å². The summed E-state index contributed by atoms with van der Waals surface area (Å²) in [5, 5.41) is 0. The van der Waals surface area contributed by atoms with Gasteiger partial charge >= 0.3 is 5.97 Å². The maximum atomic E-state index is 13.8. The van der Waals surface area contributed by atoms with Crippen LogP contribution in [0.15, 0.2) is 39.9 Å². The Bertz CT molecular complexity index is 991. The third kappa shape index (κ3) is 3.17. The number of rotatable bonds is 5. The first-order valence-corrected chi connectivity index (χ1v) is 9.04. The molecule has 0 bridgehead atoms. The molecule has 1 aromatic heterocycles. The molecule has 7 nitrogen and oxygen atoms in total. The molecule has 1 unspecified atom stereocenters. The maximum Gasteiger partial charge on any atom is 0.309 e. The van der Waals surface area contributed by atoms with E-state index in [4.69, 9.17) is 10.5 Å². The molecule has 2 heterocycles. The summed E-state index contributed by atoms with van der Waals surface area (Å²) in [6.07, 6.45) is 1.48. The van der Waals surface area contributed by atoms with Crippen molar-refractivity contribution in [3.05, 3.63) is 51.9 Å². The number of halogens is 3. The van der Waals surface area contributed by atoms with Crippen molar-refractivity contribution in [1.82, 2.24) is 9.47 Å². The number of nitrogens with zero attached hydrogens (tertiary/aromatic N) is 3. The molecular weight excluding hydrogens is 438 g/mol. The van der Waals surface area contributed by atoms with Crippen LogP contribution in [0.25, 0.3) is 0 Å². The second-order valence-electron chi connectivity index (χ2n) is 6.22. The van der Waals surface area contributed by atoms with Crippen molar-refractivity contribution in [2.24, 2.45) is 10.7 Å². The number of ether oxygens (including phenoxy) is 1. The molecule has 1 amide bonds. The van der Waals surface area contributed by atoms with Crippen LogP contribution < -0.4 is 10.5 Å². The Morgan fingerprint density at radius 1 is 1.36 bits per heavy atom. The Morgan fingerprint density at radius 3 is 2.61 bits per heavy atom. The van der Waals surface area contributed by atoms with Gasteiger partial charge in [-0.1, -0.05) is 6.07 Å². The molecule has 0 saturated carbocycles. The molecule has 1 atom stereocenters. The highest BCUT2D eigenvalue weighted by molar-refractivity contribution is 9.10. The fraction of sp³-hybridized carbons (Fsp3) is 0.278. The Kier molecular flexibility index (Phi) is 5.24. The summed E-state index contributed by atoms with van der Waals surface area (Å²) in [5.74, 6) is -1.55. The van der Waals surface area contributed by atoms with E-state index in [9.17, 15) is 18.4 Å². The van der Waals surface area contributed by atoms with Crippen molar-refractivity contribution in [3.8, 4) is 5.88 Å². The Morgan fingerprint density at radius 2 is 2.07 bits per heavy atom. The Hall–Kier alpha value is -2.75. The molecule has 0 fully saturated rings. The lowest BCUT2D eigenvalue weighted by Gasteiger charge is -2.25. The van der Waals surface area contributed by atoms with Crippen LogP contribution in [0.4, 0.5) is 8.78 Å². The van der Waals surface area contributed by atoms with E-state index in [1.807, 2.05) is 0 Å². The van der Waals surface area contributed by atoms with E-state index in [2.05, 4.69) is 20.9 Å². The maximum absolute atomic E-state index is 13.8. The standard InChI is InChI=1S/C18H17BrF2N4O3/c1-10(26)28-15-8-12(9-25(15)6-5-20)18(16(27)24(2)17(22)23-18)11-3-4-14(21)13(19)7-11/h3-4,7-9H,5-6H2,1-2H3,(H2,22,23). The zero-order chi connectivity index (χ0) is 20.6. The van der Waals surface area contributed by atoms with Crippen LogP contribution in [0.5, 0.6) is 5.88 Å². The van der Waals surface area contributed by atoms with Crippen LogP contribution >= 0.6 is 15.9 Å². The topological polar surface area (TPSA) is 89.9 Å². The van der Waals surface area contributed by atoms with Crippen molar-refractivity contribution < 1.29 is 23.1 Å². The molecule has 3 rings (SSSR count). The molecule has 28 heavy (non-hydrogen) atoms. The van der Waals surface area contributed by atoms with Gasteiger partial charge in [0.1, 0.15) is 12.5 Å². The number of benzene rings is 1. The first-order chi connectivity index (χ1) is 13.2. The minimum absolute atomic E-state index is 0.0299. The predicted octanol–water partition coefficient (Wildman–Crippen LogP) is 2.31. The first kappa shape index (κ1) is 20.0. The lowest BCUT2D eigenvalue weighted by Crippen LogP contribution is -2.41. The van der Waals surface area contributed by atoms with Crippen molar-refractivity contribution in [2.45, 2.75) is 19.0 Å². The minimum Gasteiger partial charge on any atom is -0.409 e. The monoisotopic (exact) mass is 454 g/mol. The van der Waals surface area contributed by atoms with Gasteiger partial charge in [0.15, 0.2) is 11.5 Å². The van der Waals surface area contributed by atoms with Gasteiger partial charge in [0.2, 0.25) is 5.88 Å². The van der Waals surface area contributed by atoms with E-state index in [0.29, 0.717) is 11.1 Å². The number of guanidine groups is 1. The highest BCUT2D eigenvalue weighted by atomic mass is 79.9. The molecule has 0 radical (unpaired) electrons. The van der Waals surface area contributed by atoms with Gasteiger partial charge < -0.3 is 15.0 Å². The number of likely N-dealkylation sites (N-methyl/N-ethyl adjacent to an activating group) is 1. The zero-order valence-corrected chi connectivity index (χ0v) is 16.7. The van der Waals surface area contributed by atoms with Gasteiger partial charge in [0.05, 0.1) is 11.0 Å². The van der Waals surface area contributed by atoms with Crippen molar-refractivity contribution in [1.29, 1.82) is 0 Å². The number of aromatic nitrogens is 1. The van der Waals surface area contributed by atoms with Gasteiger partial charge in [0, 0.05) is 31.8 Å². The molecule has 0 spiro atoms. The molecule has 2 N–H and O–H groups in total. The van der Waals surface area contributed by atoms with Crippen LogP contribution in [0, 0.1) is 5.82 Å². The van der Waals surface area contributed by atoms with E-state index in [1.54, 1.807) is 0 Å². The second kappa shape index (κ2) is 7.34. The van der Waals surface area contributed by atoms with Gasteiger partial charge in [-0.25, -0.2) is 13.8 Å². The van der Waals surface area contributed by atoms with Gasteiger partial charge in [-0.15, -0.1) is 0 Å². The smallest absolute Gasteiger partial charge is 0.309 e. The molecule has 1 aliphatic heterocycles. The molecule has 1 aliphatic rings. The molecule has 148 valence electrons. The highest BCUT2D eigenvalue weighted by Gasteiger charge is 2.50. The van der Waals surface area contributed by atoms with Crippen LogP contribution in [0.2, 0.25) is 0 Å². The van der Waals surface area contributed by atoms with Crippen LogP contribution in [-0.2, 0) is 21.7 Å². The third-order valence-electron chi connectivity index (χ3n) is 4.43. The van der Waals surface area contributed by atoms with Crippen molar-refractivity contribution in [2.75, 3.05) is 13.7 Å². The number of hydrogen-bond donors (Lipinski definition) is 1. The summed E-state index contributed by atoms with van der Waals surface area (Å²) < 4.78 is 33.4. The quantitative estimate of drug-likeness (QED) is 0.701. The lowest BCUT2D eigenvalue weighted by atomic mass is 9.84. The van der Waals surface area contributed by atoms with Crippen LogP contribution in [-0.4, -0.2) is 41.0 Å². The number of nitrogens with two attached hydrogens (primary N) is 1. The molecule has 0 aliphatic carbocycles. The SMILES string of the molecule is CC(=O)Oc1cc(C2(c3ccc(F)c(Br)c3)N=C(N)N(C)C2=O)cn1CCF. The fourth-order valence-corrected chi connectivity index (χ4v) is 3.47. The number of amides is 1. The van der Waals surface area contributed by atoms with Crippen molar-refractivity contribution in [3.63, 3.8) is 0 Å². The largest absolute Gasteiger partial charge is 0.409 e. The zero-order valence-electron chi connectivity index (χ0n) is 15.1. The van der Waals surface area contributed by atoms with Gasteiger partial charge in [0.25, 0.3) is 5.91 Å². The summed E-state index contributed by atoms with van der Waals surface area (Å²) >= 11 is 3.11. The predicted molar refractivity (Wildman–Crippen MR) is 101 cm³/mol. The summed E-state index contributed by atoms with van der Waals surface area (Å²) in [6.45, 7) is 0.412. The number of aliphatic imine (C=N–C) groups is 1. The van der Waals surface area contributed by atoms with E-state index in [0.717, 1.165) is 0 Å². The van der Waals surface area contributed by atoms with Crippen LogP contribution in [0.3, 0.4) is 0 Å². The fourth-order valence-electron chi connectivity index (χ4n) is 3.09. The number of carbonyl (C=O) groups is 2. The normalized spacial score (nSPS) is 19.1. The number of aryl methyl sites for hydroxylation is 1. The summed E-state index contributed by atoms with van der Waals surface area (Å²) in [4.78, 5) is 30.1. The number of carbonyl (C=O) groups excluding carboxylic acids is 2. The molecule has 10 heteroatoms. The van der Waals surface area contributed by atoms with E-state index in [-0.39, 0.29) is 22.9 Å². The second-order valence-corrected chi connectivity index (χ2v) is 7.07. The number of hydrogen-bond acceptors (Lipinski definition) is 5. The Labute approximate surface area is 167 Å². The van der Waals surface area contributed by atoms with Gasteiger partial charge in [-0.3, -0.25) is 14.5 Å². The summed E-state index contributed by atoms with van der Waals surface area (Å²) in [6, 6.07) is 5.49. The summed E-state index contributed by atoms with van der Waals surface area (Å²) in [5.41, 5.74) is 4.93. The molecule has 1 aromatic carbocycles. The lowest BCUT2D eigenvalue weighted by molar-refractivity contribution is -0.132. The Balaban J connectivity index is 2.25. The van der Waals surface area contributed by atoms with E-state index >= 15 is 0 Å². The molecular formula is C18H17BrF2N4O3. The van der Waals surface area contributed by atoms with E-state index in [1.165, 1.54) is 53.9 Å². The first-order valence-electron chi connectivity index (χ1n) is 8.24. The molecule has 2 aromatic rings. The number of alkyl halides is 1. The van der Waals surface area contributed by atoms with Crippen LogP contribution in [0.1, 0.15) is 18.1 Å². The van der Waals surface area contributed by atoms with E-state index < -0.39 is 29.9 Å². The van der Waals surface area contributed by atoms with Gasteiger partial charge in [-0.2, -0.15) is 0 Å². The average Bonchev–Trinajstić information content (AvgIpc) is 3.12. The van der Waals surface area contributed by atoms with Gasteiger partial charge in [-0.05, 0) is 33.6 Å². The average molecular weight is 455 g/mol. The third-order valence-corrected chi connectivity index (χ3v) is 5.03.